The van der Waals surface area contributed by atoms with Gasteiger partial charge >= 0.3 is 5.97 Å². The van der Waals surface area contributed by atoms with E-state index in [2.05, 4.69) is 40.7 Å². The lowest BCUT2D eigenvalue weighted by Gasteiger charge is -2.71. The highest BCUT2D eigenvalue weighted by molar-refractivity contribution is 6.04. The van der Waals surface area contributed by atoms with Crippen molar-refractivity contribution in [2.24, 2.45) is 56.2 Å². The predicted molar refractivity (Wildman–Crippen MR) is 165 cm³/mol. The Hall–Kier alpha value is -2.74. The Balaban J connectivity index is 1.40. The lowest BCUT2D eigenvalue weighted by molar-refractivity contribution is -0.227. The molecule has 5 aliphatic rings. The zero-order chi connectivity index (χ0) is 31.2. The van der Waals surface area contributed by atoms with Crippen molar-refractivity contribution in [3.63, 3.8) is 0 Å². The molecule has 4 saturated carbocycles. The number of fused-ring (bicyclic) bond motifs is 7. The van der Waals surface area contributed by atoms with E-state index in [4.69, 9.17) is 4.74 Å². The molecular weight excluding hydrogens is 534 g/mol. The topological polar surface area (TPSA) is 84.2 Å². The fourth-order valence-corrected chi connectivity index (χ4v) is 11.5. The van der Waals surface area contributed by atoms with Crippen LogP contribution >= 0.6 is 0 Å². The molecule has 6 rings (SSSR count). The highest BCUT2D eigenvalue weighted by atomic mass is 16.5. The van der Waals surface area contributed by atoms with Gasteiger partial charge in [0.15, 0.2) is 5.78 Å². The summed E-state index contributed by atoms with van der Waals surface area (Å²) in [4.78, 5) is 42.3. The van der Waals surface area contributed by atoms with Gasteiger partial charge in [-0.25, -0.2) is 0 Å². The van der Waals surface area contributed by atoms with E-state index in [-0.39, 0.29) is 69.6 Å². The summed E-state index contributed by atoms with van der Waals surface area (Å²) in [5.41, 5.74) is -0.866. The summed E-state index contributed by atoms with van der Waals surface area (Å²) in [6, 6.07) is 12.1. The number of ether oxygens (including phenoxy) is 1. The third-order valence-electron chi connectivity index (χ3n) is 14.1. The van der Waals surface area contributed by atoms with Crippen molar-refractivity contribution < 1.29 is 19.1 Å². The van der Waals surface area contributed by atoms with Crippen molar-refractivity contribution in [1.29, 1.82) is 5.26 Å². The van der Waals surface area contributed by atoms with Crippen LogP contribution in [0, 0.1) is 67.5 Å². The number of ketones is 2. The van der Waals surface area contributed by atoms with Gasteiger partial charge in [-0.05, 0) is 89.9 Å². The molecule has 230 valence electrons. The van der Waals surface area contributed by atoms with E-state index in [0.717, 1.165) is 50.5 Å². The number of allylic oxidation sites excluding steroid dienone is 2. The Morgan fingerprint density at radius 2 is 1.58 bits per heavy atom. The number of hydrogen-bond donors (Lipinski definition) is 0. The van der Waals surface area contributed by atoms with Gasteiger partial charge in [0.25, 0.3) is 0 Å². The second kappa shape index (κ2) is 9.63. The zero-order valence-electron chi connectivity index (χ0n) is 27.2. The lowest BCUT2D eigenvalue weighted by Crippen LogP contribution is -2.69. The maximum atomic E-state index is 14.7. The predicted octanol–water partition coefficient (Wildman–Crippen LogP) is 8.03. The molecule has 0 radical (unpaired) electrons. The number of carbonyl (C=O) groups is 3. The minimum Gasteiger partial charge on any atom is -0.460 e. The number of benzene rings is 1. The van der Waals surface area contributed by atoms with Gasteiger partial charge in [-0.3, -0.25) is 14.4 Å². The number of carbonyl (C=O) groups excluding carboxylic acids is 3. The number of Topliss-reactive ketones (excluding diaryl/α,β-unsaturated/α-hetero) is 2. The Morgan fingerprint density at radius 1 is 0.907 bits per heavy atom. The van der Waals surface area contributed by atoms with Crippen LogP contribution in [0.4, 0.5) is 0 Å². The van der Waals surface area contributed by atoms with Crippen molar-refractivity contribution >= 4 is 17.5 Å². The van der Waals surface area contributed by atoms with E-state index >= 15 is 0 Å². The van der Waals surface area contributed by atoms with E-state index in [1.807, 2.05) is 50.3 Å². The fraction of sp³-hybridized carbons (Fsp3) is 0.684. The van der Waals surface area contributed by atoms with Crippen LogP contribution < -0.4 is 0 Å². The molecule has 5 aliphatic carbocycles. The van der Waals surface area contributed by atoms with Crippen LogP contribution in [-0.4, -0.2) is 17.5 Å². The second-order valence-electron chi connectivity index (χ2n) is 16.9. The summed E-state index contributed by atoms with van der Waals surface area (Å²) < 4.78 is 6.10. The molecule has 0 amide bonds. The van der Waals surface area contributed by atoms with Gasteiger partial charge in [-0.15, -0.1) is 0 Å². The third-order valence-corrected chi connectivity index (χ3v) is 14.1. The van der Waals surface area contributed by atoms with Crippen molar-refractivity contribution in [1.82, 2.24) is 0 Å². The minimum absolute atomic E-state index is 0.0392. The summed E-state index contributed by atoms with van der Waals surface area (Å²) in [6.07, 6.45) is 8.37. The molecule has 0 spiro atoms. The van der Waals surface area contributed by atoms with E-state index in [0.29, 0.717) is 6.42 Å². The van der Waals surface area contributed by atoms with Gasteiger partial charge in [-0.1, -0.05) is 84.9 Å². The molecule has 0 unspecified atom stereocenters. The number of rotatable bonds is 3. The average Bonchev–Trinajstić information content (AvgIpc) is 2.95. The highest BCUT2D eigenvalue weighted by Gasteiger charge is 2.73. The summed E-state index contributed by atoms with van der Waals surface area (Å²) in [7, 11) is 0. The molecule has 0 saturated heterocycles. The van der Waals surface area contributed by atoms with Crippen LogP contribution in [0.5, 0.6) is 0 Å². The lowest BCUT2D eigenvalue weighted by atomic mass is 9.31. The summed E-state index contributed by atoms with van der Waals surface area (Å²) in [6.45, 7) is 15.8. The van der Waals surface area contributed by atoms with Gasteiger partial charge < -0.3 is 4.74 Å². The first kappa shape index (κ1) is 30.3. The number of nitrogens with zero attached hydrogens (tertiary/aromatic N) is 1. The summed E-state index contributed by atoms with van der Waals surface area (Å²) in [5, 5.41) is 9.97. The molecule has 4 fully saturated rings. The molecule has 5 nitrogen and oxygen atoms in total. The molecule has 1 aromatic carbocycles. The maximum absolute atomic E-state index is 14.7. The SMILES string of the molecule is CC1(C)CC[C@]2(C(=O)OCc3ccccc3)CC[C@]3(C)[C@H](C(=O)C[C@@H]4[C@@]5(C)C=C(C#N)C(=O)C(C)(C)[C@@H]5CC[C@]43C)[C@H]2C1. The fourth-order valence-electron chi connectivity index (χ4n) is 11.5. The maximum Gasteiger partial charge on any atom is 0.312 e. The van der Waals surface area contributed by atoms with Gasteiger partial charge in [0, 0.05) is 17.8 Å². The zero-order valence-corrected chi connectivity index (χ0v) is 27.2. The molecule has 0 bridgehead atoms. The molecule has 8 atom stereocenters. The van der Waals surface area contributed by atoms with Crippen LogP contribution in [0.25, 0.3) is 0 Å². The van der Waals surface area contributed by atoms with Gasteiger partial charge in [0.1, 0.15) is 18.5 Å². The first-order valence-corrected chi connectivity index (χ1v) is 16.5. The molecule has 43 heavy (non-hydrogen) atoms. The molecular formula is C38H49NO4. The van der Waals surface area contributed by atoms with Crippen molar-refractivity contribution in [3.8, 4) is 6.07 Å². The van der Waals surface area contributed by atoms with Gasteiger partial charge in [-0.2, -0.15) is 5.26 Å². The normalized spacial score (nSPS) is 42.7. The smallest absolute Gasteiger partial charge is 0.312 e. The van der Waals surface area contributed by atoms with Crippen LogP contribution in [0.2, 0.25) is 0 Å². The standard InChI is InChI=1S/C38H49NO4/c1-33(2)15-17-38(32(42)43-23-24-11-9-8-10-12-24)18-16-37(7)30(26(38)21-33)27(40)19-29-35(5)20-25(22-39)31(41)34(3,4)28(35)13-14-36(29,37)6/h8-12,20,26,28-30H,13-19,21,23H2,1-7H3/t26-,28+,29-,30+,35+,36-,37-,38+/m1/s1. The average molecular weight is 584 g/mol. The second-order valence-corrected chi connectivity index (χ2v) is 16.9. The Labute approximate surface area is 257 Å². The van der Waals surface area contributed by atoms with Gasteiger partial charge in [0.2, 0.25) is 0 Å². The van der Waals surface area contributed by atoms with Crippen LogP contribution in [0.3, 0.4) is 0 Å². The van der Waals surface area contributed by atoms with E-state index < -0.39 is 16.2 Å². The minimum atomic E-state index is -0.645. The van der Waals surface area contributed by atoms with Crippen LogP contribution in [0.15, 0.2) is 42.0 Å². The first-order valence-electron chi connectivity index (χ1n) is 16.5. The Bertz CT molecular complexity index is 1430. The monoisotopic (exact) mass is 583 g/mol. The Kier molecular flexibility index (Phi) is 6.78. The quantitative estimate of drug-likeness (QED) is 0.336. The van der Waals surface area contributed by atoms with Crippen molar-refractivity contribution in [2.75, 3.05) is 0 Å². The van der Waals surface area contributed by atoms with E-state index in [1.165, 1.54) is 0 Å². The highest BCUT2D eigenvalue weighted by Crippen LogP contribution is 2.75. The molecule has 0 N–H and O–H groups in total. The van der Waals surface area contributed by atoms with Crippen molar-refractivity contribution in [2.45, 2.75) is 106 Å². The number of nitriles is 1. The molecule has 5 heteroatoms. The molecule has 0 aromatic heterocycles. The Morgan fingerprint density at radius 3 is 2.26 bits per heavy atom. The van der Waals surface area contributed by atoms with E-state index in [9.17, 15) is 19.6 Å². The largest absolute Gasteiger partial charge is 0.460 e. The van der Waals surface area contributed by atoms with Gasteiger partial charge in [0.05, 0.1) is 11.0 Å². The van der Waals surface area contributed by atoms with Crippen LogP contribution in [0.1, 0.15) is 105 Å². The molecule has 1 aromatic rings. The molecule has 0 aliphatic heterocycles. The number of esters is 1. The number of hydrogen-bond acceptors (Lipinski definition) is 5. The molecule has 0 heterocycles. The summed E-state index contributed by atoms with van der Waals surface area (Å²) in [5.74, 6) is -0.0434. The third kappa shape index (κ3) is 4.10. The van der Waals surface area contributed by atoms with E-state index in [1.54, 1.807) is 0 Å². The first-order chi connectivity index (χ1) is 20.1. The van der Waals surface area contributed by atoms with Crippen LogP contribution in [-0.2, 0) is 25.7 Å². The van der Waals surface area contributed by atoms with Crippen molar-refractivity contribution in [3.05, 3.63) is 47.5 Å². The summed E-state index contributed by atoms with van der Waals surface area (Å²) >= 11 is 0.